The van der Waals surface area contributed by atoms with Gasteiger partial charge in [-0.2, -0.15) is 0 Å². The number of hydrogen-bond donors (Lipinski definition) is 1. The predicted molar refractivity (Wildman–Crippen MR) is 115 cm³/mol. The third-order valence-electron chi connectivity index (χ3n) is 5.76. The molecule has 4 aromatic rings. The van der Waals surface area contributed by atoms with E-state index in [1.807, 2.05) is 66.4 Å². The number of carbonyl (C=O) groups excluding carboxylic acids is 1. The minimum Gasteiger partial charge on any atom is -0.497 e. The summed E-state index contributed by atoms with van der Waals surface area (Å²) in [6.45, 7) is 2.61. The number of aromatic nitrogens is 3. The van der Waals surface area contributed by atoms with Crippen LogP contribution in [0, 0.1) is 6.92 Å². The van der Waals surface area contributed by atoms with Crippen molar-refractivity contribution in [2.24, 2.45) is 0 Å². The number of amides is 1. The number of pyridine rings is 1. The van der Waals surface area contributed by atoms with Crippen molar-refractivity contribution in [2.45, 2.75) is 19.4 Å². The molecule has 1 N–H and O–H groups in total. The van der Waals surface area contributed by atoms with Crippen LogP contribution in [0.2, 0.25) is 0 Å². The van der Waals surface area contributed by atoms with Crippen LogP contribution in [0.5, 0.6) is 5.75 Å². The number of imidazole rings is 1. The Morgan fingerprint density at radius 1 is 1.17 bits per heavy atom. The number of ether oxygens (including phenoxy) is 1. The number of fused-ring (bicyclic) bond motifs is 2. The van der Waals surface area contributed by atoms with Crippen LogP contribution in [0.25, 0.3) is 10.9 Å². The molecule has 150 valence electrons. The maximum absolute atomic E-state index is 13.6. The van der Waals surface area contributed by atoms with E-state index in [1.54, 1.807) is 13.4 Å². The first-order valence-corrected chi connectivity index (χ1v) is 9.99. The molecule has 2 aromatic heterocycles. The molecule has 6 nitrogen and oxygen atoms in total. The molecule has 1 aliphatic heterocycles. The summed E-state index contributed by atoms with van der Waals surface area (Å²) in [6, 6.07) is 17.3. The average Bonchev–Trinajstić information content (AvgIpc) is 3.27. The lowest BCUT2D eigenvalue weighted by molar-refractivity contribution is 0.0685. The summed E-state index contributed by atoms with van der Waals surface area (Å²) in [5.41, 5.74) is 5.29. The number of hydrogen-bond acceptors (Lipinski definition) is 4. The van der Waals surface area contributed by atoms with Crippen molar-refractivity contribution in [3.05, 3.63) is 89.1 Å². The molecular formula is C24H22N4O2. The fourth-order valence-electron chi connectivity index (χ4n) is 4.23. The molecule has 0 aliphatic carbocycles. The highest BCUT2D eigenvalue weighted by atomic mass is 16.5. The van der Waals surface area contributed by atoms with Gasteiger partial charge in [-0.25, -0.2) is 9.97 Å². The largest absolute Gasteiger partial charge is 0.497 e. The number of aryl methyl sites for hydroxylation is 1. The second-order valence-electron chi connectivity index (χ2n) is 7.53. The van der Waals surface area contributed by atoms with E-state index >= 15 is 0 Å². The zero-order valence-electron chi connectivity index (χ0n) is 16.9. The second-order valence-corrected chi connectivity index (χ2v) is 7.53. The molecular weight excluding hydrogens is 376 g/mol. The first kappa shape index (κ1) is 18.4. The number of rotatable bonds is 3. The minimum absolute atomic E-state index is 0.0849. The molecule has 0 radical (unpaired) electrons. The number of nitrogens with one attached hydrogen (secondary N) is 1. The van der Waals surface area contributed by atoms with Crippen molar-refractivity contribution in [1.29, 1.82) is 0 Å². The van der Waals surface area contributed by atoms with E-state index in [-0.39, 0.29) is 11.9 Å². The monoisotopic (exact) mass is 398 g/mol. The Morgan fingerprint density at radius 2 is 1.97 bits per heavy atom. The first-order valence-electron chi connectivity index (χ1n) is 9.99. The number of para-hydroxylation sites is 1. The fourth-order valence-corrected chi connectivity index (χ4v) is 4.23. The van der Waals surface area contributed by atoms with Crippen LogP contribution in [0.4, 0.5) is 0 Å². The fraction of sp³-hybridized carbons (Fsp3) is 0.208. The maximum atomic E-state index is 13.6. The molecule has 1 aliphatic rings. The van der Waals surface area contributed by atoms with E-state index in [1.165, 1.54) is 0 Å². The van der Waals surface area contributed by atoms with E-state index in [4.69, 9.17) is 4.74 Å². The summed E-state index contributed by atoms with van der Waals surface area (Å²) >= 11 is 0. The molecule has 0 bridgehead atoms. The van der Waals surface area contributed by atoms with E-state index in [0.717, 1.165) is 45.6 Å². The molecule has 0 saturated heterocycles. The van der Waals surface area contributed by atoms with Gasteiger partial charge in [0.1, 0.15) is 17.5 Å². The lowest BCUT2D eigenvalue weighted by Gasteiger charge is -2.35. The van der Waals surface area contributed by atoms with E-state index in [2.05, 4.69) is 15.0 Å². The van der Waals surface area contributed by atoms with Crippen LogP contribution in [0.15, 0.2) is 60.9 Å². The zero-order valence-corrected chi connectivity index (χ0v) is 16.9. The van der Waals surface area contributed by atoms with Crippen molar-refractivity contribution in [3.63, 3.8) is 0 Å². The summed E-state index contributed by atoms with van der Waals surface area (Å²) in [5, 5.41) is 1.06. The van der Waals surface area contributed by atoms with Crippen molar-refractivity contribution in [3.8, 4) is 5.75 Å². The third-order valence-corrected chi connectivity index (χ3v) is 5.76. The van der Waals surface area contributed by atoms with Crippen LogP contribution in [-0.2, 0) is 6.42 Å². The smallest absolute Gasteiger partial charge is 0.273 e. The van der Waals surface area contributed by atoms with Gasteiger partial charge in [0.2, 0.25) is 0 Å². The van der Waals surface area contributed by atoms with Gasteiger partial charge in [-0.1, -0.05) is 30.3 Å². The van der Waals surface area contributed by atoms with Crippen LogP contribution >= 0.6 is 0 Å². The summed E-state index contributed by atoms with van der Waals surface area (Å²) in [7, 11) is 1.64. The van der Waals surface area contributed by atoms with Crippen LogP contribution < -0.4 is 4.74 Å². The molecule has 1 atom stereocenters. The second kappa shape index (κ2) is 7.30. The Balaban J connectivity index is 1.58. The van der Waals surface area contributed by atoms with Crippen LogP contribution in [0.3, 0.4) is 0 Å². The molecule has 3 heterocycles. The normalized spacial score (nSPS) is 15.8. The highest BCUT2D eigenvalue weighted by Crippen LogP contribution is 2.35. The highest BCUT2D eigenvalue weighted by Gasteiger charge is 2.35. The quantitative estimate of drug-likeness (QED) is 0.565. The van der Waals surface area contributed by atoms with Crippen molar-refractivity contribution >= 4 is 16.8 Å². The van der Waals surface area contributed by atoms with Crippen LogP contribution in [0.1, 0.15) is 39.0 Å². The van der Waals surface area contributed by atoms with Crippen molar-refractivity contribution in [1.82, 2.24) is 19.9 Å². The van der Waals surface area contributed by atoms with E-state index in [9.17, 15) is 4.79 Å². The van der Waals surface area contributed by atoms with Gasteiger partial charge < -0.3 is 14.6 Å². The summed E-state index contributed by atoms with van der Waals surface area (Å²) in [4.78, 5) is 28.0. The summed E-state index contributed by atoms with van der Waals surface area (Å²) < 4.78 is 5.30. The summed E-state index contributed by atoms with van der Waals surface area (Å²) in [5.74, 6) is 0.694. The topological polar surface area (TPSA) is 71.1 Å². The molecule has 5 rings (SSSR count). The van der Waals surface area contributed by atoms with E-state index in [0.29, 0.717) is 12.2 Å². The Morgan fingerprint density at radius 3 is 2.77 bits per heavy atom. The Kier molecular flexibility index (Phi) is 4.47. The van der Waals surface area contributed by atoms with Gasteiger partial charge in [-0.05, 0) is 42.3 Å². The number of methoxy groups -OCH3 is 1. The first-order chi connectivity index (χ1) is 14.7. The molecule has 1 amide bonds. The number of H-pyrrole nitrogens is 1. The number of benzene rings is 2. The maximum Gasteiger partial charge on any atom is 0.273 e. The molecule has 0 spiro atoms. The molecule has 2 aromatic carbocycles. The van der Waals surface area contributed by atoms with Crippen LogP contribution in [-0.4, -0.2) is 39.4 Å². The Labute approximate surface area is 174 Å². The van der Waals surface area contributed by atoms with Gasteiger partial charge in [-0.3, -0.25) is 4.79 Å². The molecule has 0 unspecified atom stereocenters. The van der Waals surface area contributed by atoms with Gasteiger partial charge in [0, 0.05) is 24.0 Å². The SMILES string of the molecule is COc1ccc([C@@H]2c3nc[nH]c3CCN2C(=O)c2cc(C)c3ccccc3n2)cc1. The van der Waals surface area contributed by atoms with Crippen molar-refractivity contribution in [2.75, 3.05) is 13.7 Å². The van der Waals surface area contributed by atoms with Gasteiger partial charge >= 0.3 is 0 Å². The van der Waals surface area contributed by atoms with Gasteiger partial charge in [-0.15, -0.1) is 0 Å². The van der Waals surface area contributed by atoms with Gasteiger partial charge in [0.05, 0.1) is 24.6 Å². The molecule has 30 heavy (non-hydrogen) atoms. The van der Waals surface area contributed by atoms with Crippen molar-refractivity contribution < 1.29 is 9.53 Å². The van der Waals surface area contributed by atoms with Gasteiger partial charge in [0.15, 0.2) is 0 Å². The lowest BCUT2D eigenvalue weighted by atomic mass is 9.95. The highest BCUT2D eigenvalue weighted by molar-refractivity contribution is 5.96. The molecule has 6 heteroatoms. The zero-order chi connectivity index (χ0) is 20.7. The standard InChI is InChI=1S/C24H22N4O2/c1-15-13-21(27-19-6-4-3-5-18(15)19)24(29)28-12-11-20-22(26-14-25-20)23(28)16-7-9-17(30-2)10-8-16/h3-10,13-14,23H,11-12H2,1-2H3,(H,25,26)/t23-/m1/s1. The molecule has 0 saturated carbocycles. The predicted octanol–water partition coefficient (Wildman–Crippen LogP) is 4.06. The molecule has 0 fully saturated rings. The summed E-state index contributed by atoms with van der Waals surface area (Å²) in [6.07, 6.45) is 2.44. The Hall–Kier alpha value is -3.67. The van der Waals surface area contributed by atoms with Gasteiger partial charge in [0.25, 0.3) is 5.91 Å². The lowest BCUT2D eigenvalue weighted by Crippen LogP contribution is -2.41. The minimum atomic E-state index is -0.271. The number of aromatic amines is 1. The number of carbonyl (C=O) groups is 1. The van der Waals surface area contributed by atoms with E-state index < -0.39 is 0 Å². The average molecular weight is 398 g/mol. The number of nitrogens with zero attached hydrogens (tertiary/aromatic N) is 3. The Bertz CT molecular complexity index is 1230. The third kappa shape index (κ3) is 3.01.